The molecule has 0 saturated heterocycles. The lowest BCUT2D eigenvalue weighted by Crippen LogP contribution is -2.16. The Morgan fingerprint density at radius 3 is 2.32 bits per heavy atom. The summed E-state index contributed by atoms with van der Waals surface area (Å²) in [6.45, 7) is 7.04. The second kappa shape index (κ2) is 10.5. The Hall–Kier alpha value is -4.75. The zero-order valence-corrected chi connectivity index (χ0v) is 25.8. The lowest BCUT2D eigenvalue weighted by atomic mass is 9.79. The maximum atomic E-state index is 5.29. The van der Waals surface area contributed by atoms with Gasteiger partial charge in [0.2, 0.25) is 0 Å². The molecule has 3 aliphatic carbocycles. The van der Waals surface area contributed by atoms with E-state index in [1.54, 1.807) is 0 Å². The molecule has 1 atom stereocenters. The maximum Gasteiger partial charge on any atom is 0.0741 e. The van der Waals surface area contributed by atoms with E-state index in [1.165, 1.54) is 60.9 Å². The summed E-state index contributed by atoms with van der Waals surface area (Å²) in [5.41, 5.74) is 15.6. The molecule has 0 amide bonds. The molecule has 3 aliphatic rings. The fourth-order valence-corrected chi connectivity index (χ4v) is 7.77. The van der Waals surface area contributed by atoms with Crippen molar-refractivity contribution in [3.63, 3.8) is 0 Å². The summed E-state index contributed by atoms with van der Waals surface area (Å²) in [6, 6.07) is 33.5. The van der Waals surface area contributed by atoms with Crippen molar-refractivity contribution in [3.05, 3.63) is 155 Å². The molecule has 0 bridgehead atoms. The lowest BCUT2D eigenvalue weighted by molar-refractivity contribution is 0.652. The molecule has 0 N–H and O–H groups in total. The molecule has 44 heavy (non-hydrogen) atoms. The Morgan fingerprint density at radius 1 is 0.750 bits per heavy atom. The summed E-state index contributed by atoms with van der Waals surface area (Å²) in [5, 5.41) is 2.65. The molecule has 0 fully saturated rings. The fraction of sp³-hybridized carbons (Fsp3) is 0.186. The zero-order chi connectivity index (χ0) is 29.8. The van der Waals surface area contributed by atoms with Crippen LogP contribution in [0, 0.1) is 6.92 Å². The number of nitrogens with zero attached hydrogens (tertiary/aromatic N) is 1. The average molecular weight is 568 g/mol. The van der Waals surface area contributed by atoms with Crippen LogP contribution >= 0.6 is 0 Å². The number of allylic oxidation sites excluding steroid dienone is 8. The minimum atomic E-state index is -0.00161. The molecule has 8 rings (SSSR count). The van der Waals surface area contributed by atoms with Crippen LogP contribution in [0.25, 0.3) is 50.0 Å². The summed E-state index contributed by atoms with van der Waals surface area (Å²) in [6.07, 6.45) is 16.9. The highest BCUT2D eigenvalue weighted by atomic mass is 14.7. The molecule has 1 unspecified atom stereocenters. The topological polar surface area (TPSA) is 12.9 Å². The van der Waals surface area contributed by atoms with Gasteiger partial charge < -0.3 is 0 Å². The minimum absolute atomic E-state index is 0.00161. The van der Waals surface area contributed by atoms with Crippen molar-refractivity contribution in [1.29, 1.82) is 0 Å². The Bertz CT molecular complexity index is 2050. The first-order valence-corrected chi connectivity index (χ1v) is 16.0. The van der Waals surface area contributed by atoms with Gasteiger partial charge in [-0.3, -0.25) is 0 Å². The molecule has 0 spiro atoms. The molecule has 0 radical (unpaired) electrons. The van der Waals surface area contributed by atoms with E-state index in [0.29, 0.717) is 5.92 Å². The zero-order valence-electron chi connectivity index (χ0n) is 25.8. The fourth-order valence-electron chi connectivity index (χ4n) is 7.77. The summed E-state index contributed by atoms with van der Waals surface area (Å²) in [7, 11) is 0. The third-order valence-electron chi connectivity index (χ3n) is 10.1. The molecule has 5 aromatic rings. The van der Waals surface area contributed by atoms with Crippen LogP contribution in [0.2, 0.25) is 0 Å². The van der Waals surface area contributed by atoms with Gasteiger partial charge in [-0.2, -0.15) is 0 Å². The Labute approximate surface area is 261 Å². The predicted octanol–water partition coefficient (Wildman–Crippen LogP) is 11.5. The van der Waals surface area contributed by atoms with Crippen molar-refractivity contribution in [2.45, 2.75) is 51.4 Å². The molecule has 0 saturated carbocycles. The normalized spacial score (nSPS) is 18.1. The highest BCUT2D eigenvalue weighted by molar-refractivity contribution is 6.06. The third kappa shape index (κ3) is 4.26. The Balaban J connectivity index is 1.30. The van der Waals surface area contributed by atoms with Crippen LogP contribution in [-0.4, -0.2) is 4.98 Å². The first-order chi connectivity index (χ1) is 21.5. The van der Waals surface area contributed by atoms with Gasteiger partial charge in [0.05, 0.1) is 11.4 Å². The number of pyridine rings is 1. The molecular weight excluding hydrogens is 530 g/mol. The van der Waals surface area contributed by atoms with E-state index in [1.807, 2.05) is 0 Å². The van der Waals surface area contributed by atoms with E-state index < -0.39 is 0 Å². The number of hydrogen-bond acceptors (Lipinski definition) is 1. The molecule has 214 valence electrons. The van der Waals surface area contributed by atoms with E-state index in [0.717, 1.165) is 36.2 Å². The van der Waals surface area contributed by atoms with Crippen molar-refractivity contribution in [2.75, 3.05) is 0 Å². The molecule has 1 heterocycles. The first-order valence-electron chi connectivity index (χ1n) is 16.0. The SMILES string of the molecule is Cc1c(C2C=CC=CC2)cc(-c2ccccc2)nc1-c1ccc(-c2c3c(cc4ccccc24)C(C)(C)C2=C3CCC=C2)cc1. The van der Waals surface area contributed by atoms with Crippen molar-refractivity contribution >= 4 is 16.3 Å². The van der Waals surface area contributed by atoms with E-state index in [9.17, 15) is 0 Å². The number of fused-ring (bicyclic) bond motifs is 3. The summed E-state index contributed by atoms with van der Waals surface area (Å²) < 4.78 is 0. The van der Waals surface area contributed by atoms with Crippen LogP contribution in [0.1, 0.15) is 61.3 Å². The highest BCUT2D eigenvalue weighted by Crippen LogP contribution is 2.54. The van der Waals surface area contributed by atoms with Crippen molar-refractivity contribution in [1.82, 2.24) is 4.98 Å². The van der Waals surface area contributed by atoms with Crippen LogP contribution in [0.15, 0.2) is 133 Å². The standard InChI is InChI=1S/C43H37N/c1-28-36(29-14-6-4-7-15-29)27-39(30-16-8-5-9-17-30)44-42(28)32-24-22-31(23-25-32)40-34-19-11-10-18-33(34)26-38-41(40)35-20-12-13-21-37(35)43(38,2)3/h4-11,13-14,16-19,21-27,29H,12,15,20H2,1-3H3. The predicted molar refractivity (Wildman–Crippen MR) is 187 cm³/mol. The van der Waals surface area contributed by atoms with Crippen LogP contribution in [0.4, 0.5) is 0 Å². The van der Waals surface area contributed by atoms with E-state index in [-0.39, 0.29) is 5.41 Å². The minimum Gasteiger partial charge on any atom is -0.247 e. The van der Waals surface area contributed by atoms with E-state index >= 15 is 0 Å². The van der Waals surface area contributed by atoms with Gasteiger partial charge >= 0.3 is 0 Å². The van der Waals surface area contributed by atoms with Crippen molar-refractivity contribution in [3.8, 4) is 33.6 Å². The van der Waals surface area contributed by atoms with Gasteiger partial charge in [-0.1, -0.05) is 129 Å². The Kier molecular flexibility index (Phi) is 6.38. The number of hydrogen-bond donors (Lipinski definition) is 0. The van der Waals surface area contributed by atoms with Gasteiger partial charge in [0.1, 0.15) is 0 Å². The van der Waals surface area contributed by atoms with Gasteiger partial charge in [0, 0.05) is 22.5 Å². The smallest absolute Gasteiger partial charge is 0.0741 e. The highest BCUT2D eigenvalue weighted by Gasteiger charge is 2.39. The van der Waals surface area contributed by atoms with Crippen LogP contribution < -0.4 is 0 Å². The number of aromatic nitrogens is 1. The van der Waals surface area contributed by atoms with Gasteiger partial charge in [-0.25, -0.2) is 4.98 Å². The third-order valence-corrected chi connectivity index (χ3v) is 10.1. The van der Waals surface area contributed by atoms with Crippen LogP contribution in [0.5, 0.6) is 0 Å². The largest absolute Gasteiger partial charge is 0.247 e. The average Bonchev–Trinajstić information content (AvgIpc) is 3.30. The number of rotatable bonds is 4. The van der Waals surface area contributed by atoms with Crippen molar-refractivity contribution in [2.24, 2.45) is 0 Å². The van der Waals surface area contributed by atoms with E-state index in [4.69, 9.17) is 4.98 Å². The van der Waals surface area contributed by atoms with Crippen LogP contribution in [0.3, 0.4) is 0 Å². The van der Waals surface area contributed by atoms with Crippen LogP contribution in [-0.2, 0) is 5.41 Å². The van der Waals surface area contributed by atoms with E-state index in [2.05, 4.69) is 148 Å². The lowest BCUT2D eigenvalue weighted by Gasteiger charge is -2.24. The first kappa shape index (κ1) is 26.8. The second-order valence-corrected chi connectivity index (χ2v) is 13.0. The van der Waals surface area contributed by atoms with Gasteiger partial charge in [-0.05, 0) is 93.6 Å². The molecule has 0 aliphatic heterocycles. The van der Waals surface area contributed by atoms with Gasteiger partial charge in [-0.15, -0.1) is 0 Å². The molecule has 1 nitrogen and oxygen atoms in total. The summed E-state index contributed by atoms with van der Waals surface area (Å²) in [4.78, 5) is 5.29. The second-order valence-electron chi connectivity index (χ2n) is 13.0. The molecule has 1 aromatic heterocycles. The molecule has 1 heteroatoms. The monoisotopic (exact) mass is 567 g/mol. The summed E-state index contributed by atoms with van der Waals surface area (Å²) >= 11 is 0. The maximum absolute atomic E-state index is 5.29. The summed E-state index contributed by atoms with van der Waals surface area (Å²) in [5.74, 6) is 0.358. The quantitative estimate of drug-likeness (QED) is 0.210. The van der Waals surface area contributed by atoms with Gasteiger partial charge in [0.25, 0.3) is 0 Å². The molecule has 4 aromatic carbocycles. The number of benzene rings is 4. The molecular formula is C43H37N. The van der Waals surface area contributed by atoms with Crippen molar-refractivity contribution < 1.29 is 0 Å². The Morgan fingerprint density at radius 2 is 1.52 bits per heavy atom. The van der Waals surface area contributed by atoms with Gasteiger partial charge in [0.15, 0.2) is 0 Å².